The first-order valence-electron chi connectivity index (χ1n) is 33.4. The summed E-state index contributed by atoms with van der Waals surface area (Å²) < 4.78 is 34.2. The topological polar surface area (TPSA) is 111 Å². The number of phosphoric ester groups is 1. The lowest BCUT2D eigenvalue weighted by atomic mass is 10.0. The number of unbranched alkanes of at least 4 members (excludes halogenated alkanes) is 31. The third kappa shape index (κ3) is 65.9. The molecule has 2 atom stereocenters. The molecule has 0 aliphatic carbocycles. The van der Waals surface area contributed by atoms with Crippen LogP contribution in [0, 0.1) is 0 Å². The average Bonchev–Trinajstić information content (AvgIpc) is 3.43. The largest absolute Gasteiger partial charge is 0.756 e. The second kappa shape index (κ2) is 61.5. The van der Waals surface area contributed by atoms with Gasteiger partial charge in [0.15, 0.2) is 6.10 Å². The Labute approximate surface area is 500 Å². The Morgan fingerprint density at radius 2 is 0.704 bits per heavy atom. The van der Waals surface area contributed by atoms with Crippen LogP contribution in [0.25, 0.3) is 0 Å². The third-order valence-corrected chi connectivity index (χ3v) is 15.3. The van der Waals surface area contributed by atoms with Crippen molar-refractivity contribution in [3.05, 3.63) is 97.2 Å². The molecule has 468 valence electrons. The summed E-state index contributed by atoms with van der Waals surface area (Å²) in [5.41, 5.74) is 0. The summed E-state index contributed by atoms with van der Waals surface area (Å²) in [5, 5.41) is 0. The van der Waals surface area contributed by atoms with Crippen LogP contribution in [0.3, 0.4) is 0 Å². The van der Waals surface area contributed by atoms with Crippen LogP contribution >= 0.6 is 7.82 Å². The Bertz CT molecular complexity index is 1690. The molecule has 0 rings (SSSR count). The highest BCUT2D eigenvalue weighted by Gasteiger charge is 2.22. The first-order chi connectivity index (χ1) is 39.5. The average molecular weight is 1150 g/mol. The molecule has 0 N–H and O–H groups in total. The molecule has 0 spiro atoms. The van der Waals surface area contributed by atoms with Crippen molar-refractivity contribution in [1.82, 2.24) is 0 Å². The zero-order chi connectivity index (χ0) is 59.1. The summed E-state index contributed by atoms with van der Waals surface area (Å²) >= 11 is 0. The van der Waals surface area contributed by atoms with Crippen LogP contribution in [0.2, 0.25) is 0 Å². The number of esters is 2. The number of carbonyl (C=O) groups is 2. The Kier molecular flexibility index (Phi) is 59.2. The fourth-order valence-corrected chi connectivity index (χ4v) is 9.95. The van der Waals surface area contributed by atoms with Crippen LogP contribution in [0.1, 0.15) is 290 Å². The van der Waals surface area contributed by atoms with E-state index in [0.29, 0.717) is 17.4 Å². The highest BCUT2D eigenvalue weighted by Crippen LogP contribution is 2.38. The van der Waals surface area contributed by atoms with E-state index in [-0.39, 0.29) is 32.0 Å². The second-order valence-corrected chi connectivity index (χ2v) is 24.9. The van der Waals surface area contributed by atoms with E-state index >= 15 is 0 Å². The smallest absolute Gasteiger partial charge is 0.306 e. The van der Waals surface area contributed by atoms with Crippen molar-refractivity contribution in [1.29, 1.82) is 0 Å². The number of hydrogen-bond donors (Lipinski definition) is 0. The standard InChI is InChI=1S/C71H126NO8P/c1-6-8-10-12-14-16-18-20-22-24-26-27-28-29-30-31-32-33-34-35-36-37-38-39-40-41-42-43-44-45-46-48-50-52-54-56-58-60-62-64-71(74)80-69(68-79-81(75,76)78-66-65-72(3,4)5)67-77-70(73)63-61-59-57-55-53-51-49-47-25-23-21-19-17-15-13-11-9-7-2/h8,10,14,16,20,22-23,25-27,29-30,32-33,35-36,69H,6-7,9,11-13,15,17-19,21,24,28,31,34,37-68H2,1-5H3/b10-8-,16-14-,22-20-,25-23-,27-26-,30-29-,33-32-,36-35-. The number of nitrogens with zero attached hydrogens (tertiary/aromatic N) is 1. The van der Waals surface area contributed by atoms with Crippen LogP contribution in [-0.4, -0.2) is 70.0 Å². The lowest BCUT2D eigenvalue weighted by molar-refractivity contribution is -0.870. The van der Waals surface area contributed by atoms with Crippen molar-refractivity contribution in [3.8, 4) is 0 Å². The van der Waals surface area contributed by atoms with Gasteiger partial charge in [0.1, 0.15) is 19.8 Å². The highest BCUT2D eigenvalue weighted by atomic mass is 31.2. The minimum absolute atomic E-state index is 0.0329. The van der Waals surface area contributed by atoms with Gasteiger partial charge in [0, 0.05) is 12.8 Å². The second-order valence-electron chi connectivity index (χ2n) is 23.5. The number of ether oxygens (including phenoxy) is 2. The molecule has 81 heavy (non-hydrogen) atoms. The third-order valence-electron chi connectivity index (χ3n) is 14.3. The van der Waals surface area contributed by atoms with E-state index in [1.807, 2.05) is 21.1 Å². The first-order valence-corrected chi connectivity index (χ1v) is 34.9. The molecule has 0 aliphatic rings. The number of hydrogen-bond acceptors (Lipinski definition) is 8. The summed E-state index contributed by atoms with van der Waals surface area (Å²) in [5.74, 6) is -0.831. The maximum atomic E-state index is 12.8. The zero-order valence-electron chi connectivity index (χ0n) is 53.2. The van der Waals surface area contributed by atoms with Gasteiger partial charge in [-0.2, -0.15) is 0 Å². The SMILES string of the molecule is CC/C=C\C/C=C\C/C=C\C/C=C\C/C=C\C/C=C\C/C=C\CCCCCCCCCCCCCCCCCCCC(=O)OC(COC(=O)CCCCCCCCC/C=C\CCCCCCCCC)COP(=O)([O-])OCC[N+](C)(C)C. The highest BCUT2D eigenvalue weighted by molar-refractivity contribution is 7.45. The Morgan fingerprint density at radius 1 is 0.395 bits per heavy atom. The van der Waals surface area contributed by atoms with E-state index in [0.717, 1.165) is 96.3 Å². The maximum Gasteiger partial charge on any atom is 0.306 e. The van der Waals surface area contributed by atoms with E-state index in [1.165, 1.54) is 161 Å². The molecule has 0 aromatic rings. The van der Waals surface area contributed by atoms with Gasteiger partial charge in [0.05, 0.1) is 27.7 Å². The fraction of sp³-hybridized carbons (Fsp3) is 0.746. The molecular formula is C71H126NO8P. The number of carbonyl (C=O) groups excluding carboxylic acids is 2. The van der Waals surface area contributed by atoms with Crippen molar-refractivity contribution >= 4 is 19.8 Å². The van der Waals surface area contributed by atoms with Crippen LogP contribution in [0.4, 0.5) is 0 Å². The number of likely N-dealkylation sites (N-methyl/N-ethyl adjacent to an activating group) is 1. The van der Waals surface area contributed by atoms with Crippen LogP contribution in [0.5, 0.6) is 0 Å². The molecule has 0 fully saturated rings. The van der Waals surface area contributed by atoms with Gasteiger partial charge in [-0.05, 0) is 96.3 Å². The molecule has 9 nitrogen and oxygen atoms in total. The molecule has 0 aliphatic heterocycles. The van der Waals surface area contributed by atoms with Gasteiger partial charge in [0.2, 0.25) is 0 Å². The summed E-state index contributed by atoms with van der Waals surface area (Å²) in [4.78, 5) is 38.0. The van der Waals surface area contributed by atoms with Gasteiger partial charge >= 0.3 is 11.9 Å². The molecule has 0 amide bonds. The van der Waals surface area contributed by atoms with Gasteiger partial charge in [-0.3, -0.25) is 14.2 Å². The monoisotopic (exact) mass is 1150 g/mol. The van der Waals surface area contributed by atoms with Gasteiger partial charge in [-0.1, -0.05) is 278 Å². The van der Waals surface area contributed by atoms with Gasteiger partial charge in [0.25, 0.3) is 7.82 Å². The Morgan fingerprint density at radius 3 is 1.06 bits per heavy atom. The normalized spacial score (nSPS) is 13.8. The number of allylic oxidation sites excluding steroid dienone is 16. The minimum Gasteiger partial charge on any atom is -0.756 e. The van der Waals surface area contributed by atoms with Crippen molar-refractivity contribution in [3.63, 3.8) is 0 Å². The molecule has 0 aromatic heterocycles. The first kappa shape index (κ1) is 77.9. The van der Waals surface area contributed by atoms with Crippen LogP contribution in [0.15, 0.2) is 97.2 Å². The Balaban J connectivity index is 4.00. The lowest BCUT2D eigenvalue weighted by Crippen LogP contribution is -2.37. The summed E-state index contributed by atoms with van der Waals surface area (Å²) in [6.45, 7) is 4.14. The number of phosphoric acid groups is 1. The van der Waals surface area contributed by atoms with E-state index < -0.39 is 26.5 Å². The van der Waals surface area contributed by atoms with E-state index in [4.69, 9.17) is 18.5 Å². The molecule has 10 heteroatoms. The lowest BCUT2D eigenvalue weighted by Gasteiger charge is -2.28. The quantitative estimate of drug-likeness (QED) is 0.0195. The molecule has 0 heterocycles. The van der Waals surface area contributed by atoms with Gasteiger partial charge < -0.3 is 27.9 Å². The predicted molar refractivity (Wildman–Crippen MR) is 346 cm³/mol. The van der Waals surface area contributed by atoms with Crippen LogP contribution < -0.4 is 4.89 Å². The van der Waals surface area contributed by atoms with Crippen molar-refractivity contribution < 1.29 is 42.1 Å². The maximum absolute atomic E-state index is 12.8. The molecule has 0 bridgehead atoms. The summed E-state index contributed by atoms with van der Waals surface area (Å²) in [6, 6.07) is 0. The molecule has 0 saturated heterocycles. The molecular weight excluding hydrogens is 1030 g/mol. The molecule has 0 radical (unpaired) electrons. The van der Waals surface area contributed by atoms with E-state index in [2.05, 4.69) is 111 Å². The van der Waals surface area contributed by atoms with Crippen molar-refractivity contribution in [2.45, 2.75) is 296 Å². The molecule has 0 saturated carbocycles. The van der Waals surface area contributed by atoms with Gasteiger partial charge in [-0.25, -0.2) is 0 Å². The van der Waals surface area contributed by atoms with Gasteiger partial charge in [-0.15, -0.1) is 0 Å². The van der Waals surface area contributed by atoms with E-state index in [1.54, 1.807) is 0 Å². The van der Waals surface area contributed by atoms with E-state index in [9.17, 15) is 19.0 Å². The summed E-state index contributed by atoms with van der Waals surface area (Å²) in [6.07, 6.45) is 84.8. The van der Waals surface area contributed by atoms with Crippen molar-refractivity contribution in [2.75, 3.05) is 47.5 Å². The molecule has 2 unspecified atom stereocenters. The number of rotatable bonds is 61. The number of quaternary nitrogens is 1. The molecule has 0 aromatic carbocycles. The summed E-state index contributed by atoms with van der Waals surface area (Å²) in [7, 11) is 1.17. The van der Waals surface area contributed by atoms with Crippen LogP contribution in [-0.2, 0) is 32.7 Å². The fourth-order valence-electron chi connectivity index (χ4n) is 9.22. The minimum atomic E-state index is -4.64. The predicted octanol–water partition coefficient (Wildman–Crippen LogP) is 20.9. The Hall–Kier alpha value is -3.07. The van der Waals surface area contributed by atoms with Crippen molar-refractivity contribution in [2.24, 2.45) is 0 Å². The zero-order valence-corrected chi connectivity index (χ0v) is 54.1.